The summed E-state index contributed by atoms with van der Waals surface area (Å²) in [5, 5.41) is 0. The Hall–Kier alpha value is -2.29. The Morgan fingerprint density at radius 3 is 1.82 bits per heavy atom. The first-order chi connectivity index (χ1) is 13.8. The third-order valence-electron chi connectivity index (χ3n) is 5.66. The molecule has 0 spiro atoms. The van der Waals surface area contributed by atoms with Crippen LogP contribution in [0.1, 0.15) is 69.4 Å². The van der Waals surface area contributed by atoms with Gasteiger partial charge in [-0.1, -0.05) is 88.1 Å². The van der Waals surface area contributed by atoms with Gasteiger partial charge in [0.1, 0.15) is 6.61 Å². The third kappa shape index (κ3) is 4.76. The predicted molar refractivity (Wildman–Crippen MR) is 116 cm³/mol. The molecular formula is C25H33NO2. The molecule has 0 heterocycles. The zero-order chi connectivity index (χ0) is 19.8. The van der Waals surface area contributed by atoms with Crippen LogP contribution in [0.3, 0.4) is 0 Å². The van der Waals surface area contributed by atoms with Gasteiger partial charge in [-0.2, -0.15) is 0 Å². The quantitative estimate of drug-likeness (QED) is 0.434. The average Bonchev–Trinajstić information content (AvgIpc) is 3.05. The maximum atomic E-state index is 12.8. The van der Waals surface area contributed by atoms with Crippen molar-refractivity contribution in [3.8, 4) is 11.1 Å². The fraction of sp³-hybridized carbons (Fsp3) is 0.480. The smallest absolute Gasteiger partial charge is 0.409 e. The van der Waals surface area contributed by atoms with Crippen molar-refractivity contribution in [2.75, 3.05) is 19.7 Å². The van der Waals surface area contributed by atoms with E-state index in [0.717, 1.165) is 51.6 Å². The Morgan fingerprint density at radius 2 is 1.32 bits per heavy atom. The Balaban J connectivity index is 1.66. The second-order valence-corrected chi connectivity index (χ2v) is 7.71. The Bertz CT molecular complexity index is 715. The van der Waals surface area contributed by atoms with Crippen molar-refractivity contribution >= 4 is 6.09 Å². The molecule has 0 atom stereocenters. The van der Waals surface area contributed by atoms with E-state index in [1.54, 1.807) is 0 Å². The molecule has 0 unspecified atom stereocenters. The first-order valence-corrected chi connectivity index (χ1v) is 10.9. The van der Waals surface area contributed by atoms with Crippen LogP contribution < -0.4 is 0 Å². The molecule has 1 aliphatic rings. The number of fused-ring (bicyclic) bond motifs is 3. The SMILES string of the molecule is CCCCCN(CCCCC)C(=O)OCC1c2ccccc2-c2ccccc21. The van der Waals surface area contributed by atoms with Crippen LogP contribution in [0.5, 0.6) is 0 Å². The standard InChI is InChI=1S/C25H33NO2/c1-3-5-11-17-26(18-12-6-4-2)25(27)28-19-24-22-15-9-7-13-20(22)21-14-8-10-16-23(21)24/h7-10,13-16,24H,3-6,11-12,17-19H2,1-2H3. The Morgan fingerprint density at radius 1 is 0.821 bits per heavy atom. The van der Waals surface area contributed by atoms with Gasteiger partial charge in [-0.05, 0) is 35.1 Å². The number of hydrogen-bond donors (Lipinski definition) is 0. The van der Waals surface area contributed by atoms with Crippen LogP contribution in [-0.4, -0.2) is 30.7 Å². The van der Waals surface area contributed by atoms with Gasteiger partial charge in [-0.25, -0.2) is 4.79 Å². The molecule has 1 amide bonds. The van der Waals surface area contributed by atoms with Gasteiger partial charge in [0.15, 0.2) is 0 Å². The minimum atomic E-state index is -0.158. The van der Waals surface area contributed by atoms with Crippen molar-refractivity contribution in [2.24, 2.45) is 0 Å². The maximum absolute atomic E-state index is 12.8. The summed E-state index contributed by atoms with van der Waals surface area (Å²) in [6, 6.07) is 16.9. The molecule has 0 saturated carbocycles. The lowest BCUT2D eigenvalue weighted by Crippen LogP contribution is -2.34. The van der Waals surface area contributed by atoms with Crippen LogP contribution in [0.25, 0.3) is 11.1 Å². The number of carbonyl (C=O) groups is 1. The first-order valence-electron chi connectivity index (χ1n) is 10.9. The molecule has 0 bridgehead atoms. The van der Waals surface area contributed by atoms with Gasteiger partial charge < -0.3 is 9.64 Å². The van der Waals surface area contributed by atoms with E-state index in [2.05, 4.69) is 62.4 Å². The highest BCUT2D eigenvalue weighted by Gasteiger charge is 2.29. The molecule has 0 aromatic heterocycles. The number of rotatable bonds is 10. The Kier molecular flexibility index (Phi) is 7.53. The topological polar surface area (TPSA) is 29.5 Å². The van der Waals surface area contributed by atoms with E-state index in [9.17, 15) is 4.79 Å². The van der Waals surface area contributed by atoms with Gasteiger partial charge in [0.25, 0.3) is 0 Å². The fourth-order valence-corrected chi connectivity index (χ4v) is 4.09. The van der Waals surface area contributed by atoms with E-state index in [0.29, 0.717) is 6.61 Å². The Labute approximate surface area is 169 Å². The first kappa shape index (κ1) is 20.4. The number of nitrogens with zero attached hydrogens (tertiary/aromatic N) is 1. The van der Waals surface area contributed by atoms with Gasteiger partial charge >= 0.3 is 6.09 Å². The molecule has 28 heavy (non-hydrogen) atoms. The monoisotopic (exact) mass is 379 g/mol. The van der Waals surface area contributed by atoms with Gasteiger partial charge in [0.05, 0.1) is 0 Å². The number of benzene rings is 2. The molecule has 3 heteroatoms. The molecule has 0 aliphatic heterocycles. The zero-order valence-electron chi connectivity index (χ0n) is 17.3. The number of carbonyl (C=O) groups excluding carboxylic acids is 1. The number of unbranched alkanes of at least 4 members (excludes halogenated alkanes) is 4. The summed E-state index contributed by atoms with van der Waals surface area (Å²) in [6.07, 6.45) is 6.57. The van der Waals surface area contributed by atoms with E-state index in [-0.39, 0.29) is 12.0 Å². The molecule has 3 rings (SSSR count). The molecule has 0 N–H and O–H groups in total. The number of amides is 1. The minimum absolute atomic E-state index is 0.129. The van der Waals surface area contributed by atoms with Gasteiger partial charge in [0.2, 0.25) is 0 Å². The van der Waals surface area contributed by atoms with Crippen molar-refractivity contribution in [3.05, 3.63) is 59.7 Å². The highest BCUT2D eigenvalue weighted by atomic mass is 16.6. The molecule has 0 fully saturated rings. The number of ether oxygens (including phenoxy) is 1. The molecule has 150 valence electrons. The zero-order valence-corrected chi connectivity index (χ0v) is 17.3. The second-order valence-electron chi connectivity index (χ2n) is 7.71. The van der Waals surface area contributed by atoms with Gasteiger partial charge in [-0.15, -0.1) is 0 Å². The van der Waals surface area contributed by atoms with E-state index in [1.165, 1.54) is 22.3 Å². The van der Waals surface area contributed by atoms with Crippen molar-refractivity contribution in [1.29, 1.82) is 0 Å². The predicted octanol–water partition coefficient (Wildman–Crippen LogP) is 6.62. The molecule has 1 aliphatic carbocycles. The molecule has 0 radical (unpaired) electrons. The maximum Gasteiger partial charge on any atom is 0.409 e. The van der Waals surface area contributed by atoms with Gasteiger partial charge in [0, 0.05) is 19.0 Å². The lowest BCUT2D eigenvalue weighted by Gasteiger charge is -2.23. The van der Waals surface area contributed by atoms with E-state index in [1.807, 2.05) is 4.90 Å². The van der Waals surface area contributed by atoms with Crippen LogP contribution in [0.4, 0.5) is 4.79 Å². The molecule has 0 saturated heterocycles. The number of hydrogen-bond acceptors (Lipinski definition) is 2. The summed E-state index contributed by atoms with van der Waals surface area (Å²) in [5.74, 6) is 0.129. The fourth-order valence-electron chi connectivity index (χ4n) is 4.09. The molecule has 2 aromatic rings. The summed E-state index contributed by atoms with van der Waals surface area (Å²) in [6.45, 7) is 6.39. The average molecular weight is 380 g/mol. The lowest BCUT2D eigenvalue weighted by molar-refractivity contribution is 0.0983. The molecular weight excluding hydrogens is 346 g/mol. The molecule has 2 aromatic carbocycles. The minimum Gasteiger partial charge on any atom is -0.448 e. The summed E-state index contributed by atoms with van der Waals surface area (Å²) >= 11 is 0. The van der Waals surface area contributed by atoms with Crippen molar-refractivity contribution in [1.82, 2.24) is 4.90 Å². The van der Waals surface area contributed by atoms with Crippen LogP contribution in [0, 0.1) is 0 Å². The van der Waals surface area contributed by atoms with Crippen LogP contribution in [0.15, 0.2) is 48.5 Å². The van der Waals surface area contributed by atoms with Gasteiger partial charge in [-0.3, -0.25) is 0 Å². The summed E-state index contributed by atoms with van der Waals surface area (Å²) in [5.41, 5.74) is 5.06. The second kappa shape index (κ2) is 10.3. The van der Waals surface area contributed by atoms with Crippen LogP contribution in [-0.2, 0) is 4.74 Å². The van der Waals surface area contributed by atoms with Crippen molar-refractivity contribution < 1.29 is 9.53 Å². The molecule has 3 nitrogen and oxygen atoms in total. The van der Waals surface area contributed by atoms with E-state index >= 15 is 0 Å². The summed E-state index contributed by atoms with van der Waals surface area (Å²) in [7, 11) is 0. The van der Waals surface area contributed by atoms with E-state index < -0.39 is 0 Å². The van der Waals surface area contributed by atoms with Crippen LogP contribution >= 0.6 is 0 Å². The normalized spacial score (nSPS) is 12.5. The lowest BCUT2D eigenvalue weighted by atomic mass is 9.98. The van der Waals surface area contributed by atoms with Crippen molar-refractivity contribution in [2.45, 2.75) is 58.3 Å². The largest absolute Gasteiger partial charge is 0.448 e. The summed E-state index contributed by atoms with van der Waals surface area (Å²) in [4.78, 5) is 14.7. The summed E-state index contributed by atoms with van der Waals surface area (Å²) < 4.78 is 5.85. The van der Waals surface area contributed by atoms with Crippen molar-refractivity contribution in [3.63, 3.8) is 0 Å². The third-order valence-corrected chi connectivity index (χ3v) is 5.66. The van der Waals surface area contributed by atoms with E-state index in [4.69, 9.17) is 4.74 Å². The highest BCUT2D eigenvalue weighted by molar-refractivity contribution is 5.79. The van der Waals surface area contributed by atoms with Crippen LogP contribution in [0.2, 0.25) is 0 Å². The highest BCUT2D eigenvalue weighted by Crippen LogP contribution is 2.44.